The number of carbonyl (C=O) groups is 1. The zero-order valence-electron chi connectivity index (χ0n) is 7.94. The predicted molar refractivity (Wildman–Crippen MR) is 55.8 cm³/mol. The van der Waals surface area contributed by atoms with Crippen LogP contribution in [-0.4, -0.2) is 37.6 Å². The molecule has 0 rings (SSSR count). The van der Waals surface area contributed by atoms with E-state index in [-0.39, 0.29) is 17.7 Å². The Kier molecular flexibility index (Phi) is 4.77. The fourth-order valence-electron chi connectivity index (χ4n) is 0.859. The number of carbonyl (C=O) groups excluding carboxylic acids is 1. The van der Waals surface area contributed by atoms with Crippen LogP contribution in [0, 0.1) is 0 Å². The fraction of sp³-hybridized carbons (Fsp3) is 0.857. The molecule has 0 aromatic carbocycles. The van der Waals surface area contributed by atoms with Crippen molar-refractivity contribution in [2.45, 2.75) is 25.1 Å². The summed E-state index contributed by atoms with van der Waals surface area (Å²) in [5.41, 5.74) is 0. The van der Waals surface area contributed by atoms with Crippen molar-refractivity contribution in [2.24, 2.45) is 0 Å². The number of hydrogen-bond donors (Lipinski definition) is 2. The van der Waals surface area contributed by atoms with Crippen LogP contribution in [0.25, 0.3) is 0 Å². The van der Waals surface area contributed by atoms with Crippen LogP contribution in [0.3, 0.4) is 0 Å². The summed E-state index contributed by atoms with van der Waals surface area (Å²) in [7, 11) is -3.03. The van der Waals surface area contributed by atoms with Gasteiger partial charge in [-0.15, -0.1) is 0 Å². The SMILES string of the molecule is CC(CS(C)(=O)=O)NC(=O)C(C)S. The Morgan fingerprint density at radius 3 is 2.23 bits per heavy atom. The molecule has 1 amide bonds. The van der Waals surface area contributed by atoms with Gasteiger partial charge in [0, 0.05) is 12.3 Å². The first-order valence-electron chi connectivity index (χ1n) is 3.88. The molecule has 0 aliphatic carbocycles. The van der Waals surface area contributed by atoms with Crippen molar-refractivity contribution in [2.75, 3.05) is 12.0 Å². The van der Waals surface area contributed by atoms with Gasteiger partial charge < -0.3 is 5.32 Å². The molecule has 0 saturated heterocycles. The second kappa shape index (κ2) is 4.85. The highest BCUT2D eigenvalue weighted by atomic mass is 32.2. The van der Waals surface area contributed by atoms with Crippen molar-refractivity contribution in [3.8, 4) is 0 Å². The zero-order valence-corrected chi connectivity index (χ0v) is 9.65. The van der Waals surface area contributed by atoms with E-state index in [9.17, 15) is 13.2 Å². The van der Waals surface area contributed by atoms with Gasteiger partial charge in [-0.05, 0) is 13.8 Å². The third-order valence-corrected chi connectivity index (χ3v) is 2.66. The molecule has 6 heteroatoms. The van der Waals surface area contributed by atoms with Crippen molar-refractivity contribution in [1.82, 2.24) is 5.32 Å². The highest BCUT2D eigenvalue weighted by molar-refractivity contribution is 7.90. The van der Waals surface area contributed by atoms with E-state index in [1.165, 1.54) is 0 Å². The summed E-state index contributed by atoms with van der Waals surface area (Å²) >= 11 is 3.92. The third kappa shape index (κ3) is 6.89. The van der Waals surface area contributed by atoms with Gasteiger partial charge >= 0.3 is 0 Å². The summed E-state index contributed by atoms with van der Waals surface area (Å²) in [6, 6.07) is -0.364. The molecule has 0 heterocycles. The Bertz CT molecular complexity index is 271. The zero-order chi connectivity index (χ0) is 10.6. The molecule has 0 saturated carbocycles. The van der Waals surface area contributed by atoms with Crippen molar-refractivity contribution >= 4 is 28.4 Å². The van der Waals surface area contributed by atoms with Gasteiger partial charge in [0.25, 0.3) is 0 Å². The molecular weight excluding hydrogens is 210 g/mol. The molecule has 1 N–H and O–H groups in total. The Labute approximate surface area is 84.4 Å². The molecule has 4 nitrogen and oxygen atoms in total. The quantitative estimate of drug-likeness (QED) is 0.654. The summed E-state index contributed by atoms with van der Waals surface area (Å²) in [5.74, 6) is -0.293. The highest BCUT2D eigenvalue weighted by Crippen LogP contribution is 1.95. The molecule has 0 aliphatic rings. The van der Waals surface area contributed by atoms with E-state index >= 15 is 0 Å². The molecule has 0 spiro atoms. The largest absolute Gasteiger partial charge is 0.352 e. The van der Waals surface area contributed by atoms with Crippen molar-refractivity contribution in [3.05, 3.63) is 0 Å². The molecule has 78 valence electrons. The topological polar surface area (TPSA) is 63.2 Å². The standard InChI is InChI=1S/C7H15NO3S2/c1-5(4-13(3,10)11)8-7(9)6(2)12/h5-6,12H,4H2,1-3H3,(H,8,9). The molecule has 13 heavy (non-hydrogen) atoms. The van der Waals surface area contributed by atoms with E-state index < -0.39 is 15.1 Å². The Hall–Kier alpha value is -0.230. The molecule has 0 aromatic heterocycles. The van der Waals surface area contributed by atoms with Gasteiger partial charge in [-0.3, -0.25) is 4.79 Å². The monoisotopic (exact) mass is 225 g/mol. The summed E-state index contributed by atoms with van der Waals surface area (Å²) in [4.78, 5) is 11.1. The van der Waals surface area contributed by atoms with Crippen LogP contribution in [0.2, 0.25) is 0 Å². The maximum atomic E-state index is 11.1. The van der Waals surface area contributed by atoms with Crippen LogP contribution in [0.4, 0.5) is 0 Å². The first-order valence-corrected chi connectivity index (χ1v) is 6.46. The van der Waals surface area contributed by atoms with E-state index in [4.69, 9.17) is 0 Å². The third-order valence-electron chi connectivity index (χ3n) is 1.32. The Morgan fingerprint density at radius 1 is 1.46 bits per heavy atom. The van der Waals surface area contributed by atoms with Crippen molar-refractivity contribution in [1.29, 1.82) is 0 Å². The lowest BCUT2D eigenvalue weighted by atomic mass is 10.3. The van der Waals surface area contributed by atoms with E-state index in [1.54, 1.807) is 13.8 Å². The number of nitrogens with one attached hydrogen (secondary N) is 1. The smallest absolute Gasteiger partial charge is 0.232 e. The van der Waals surface area contributed by atoms with E-state index in [0.717, 1.165) is 6.26 Å². The van der Waals surface area contributed by atoms with Gasteiger partial charge in [0.05, 0.1) is 11.0 Å². The van der Waals surface area contributed by atoms with Crippen molar-refractivity contribution < 1.29 is 13.2 Å². The number of amides is 1. The lowest BCUT2D eigenvalue weighted by molar-refractivity contribution is -0.120. The molecule has 0 fully saturated rings. The minimum atomic E-state index is -3.03. The minimum absolute atomic E-state index is 0.0424. The van der Waals surface area contributed by atoms with Gasteiger partial charge in [-0.2, -0.15) is 12.6 Å². The number of hydrogen-bond acceptors (Lipinski definition) is 4. The van der Waals surface area contributed by atoms with Crippen LogP contribution in [0.1, 0.15) is 13.8 Å². The summed E-state index contributed by atoms with van der Waals surface area (Å²) < 4.78 is 21.6. The van der Waals surface area contributed by atoms with Gasteiger partial charge in [0.15, 0.2) is 0 Å². The maximum absolute atomic E-state index is 11.1. The summed E-state index contributed by atoms with van der Waals surface area (Å²) in [6.45, 7) is 3.28. The summed E-state index contributed by atoms with van der Waals surface area (Å²) in [5, 5.41) is 2.13. The molecular formula is C7H15NO3S2. The number of thiol groups is 1. The van der Waals surface area contributed by atoms with Gasteiger partial charge in [0.1, 0.15) is 9.84 Å². The van der Waals surface area contributed by atoms with Crippen LogP contribution in [0.5, 0.6) is 0 Å². The van der Waals surface area contributed by atoms with E-state index in [2.05, 4.69) is 17.9 Å². The van der Waals surface area contributed by atoms with Gasteiger partial charge in [-0.25, -0.2) is 8.42 Å². The second-order valence-corrected chi connectivity index (χ2v) is 6.14. The normalized spacial score (nSPS) is 16.3. The van der Waals surface area contributed by atoms with E-state index in [1.807, 2.05) is 0 Å². The number of rotatable bonds is 4. The Balaban J connectivity index is 4.03. The van der Waals surface area contributed by atoms with Crippen LogP contribution in [0.15, 0.2) is 0 Å². The van der Waals surface area contributed by atoms with Crippen LogP contribution in [-0.2, 0) is 14.6 Å². The lowest BCUT2D eigenvalue weighted by Crippen LogP contribution is -2.40. The van der Waals surface area contributed by atoms with Crippen LogP contribution < -0.4 is 5.32 Å². The van der Waals surface area contributed by atoms with Gasteiger partial charge in [0.2, 0.25) is 5.91 Å². The fourth-order valence-corrected chi connectivity index (χ4v) is 1.93. The number of sulfone groups is 1. The minimum Gasteiger partial charge on any atom is -0.352 e. The highest BCUT2D eigenvalue weighted by Gasteiger charge is 2.14. The van der Waals surface area contributed by atoms with E-state index in [0.29, 0.717) is 0 Å². The average molecular weight is 225 g/mol. The predicted octanol–water partition coefficient (Wildman–Crippen LogP) is -0.146. The molecule has 0 bridgehead atoms. The summed E-state index contributed by atoms with van der Waals surface area (Å²) in [6.07, 6.45) is 1.14. The first kappa shape index (κ1) is 12.8. The molecule has 0 aliphatic heterocycles. The molecule has 2 unspecified atom stereocenters. The molecule has 0 radical (unpaired) electrons. The first-order chi connectivity index (χ1) is 5.72. The van der Waals surface area contributed by atoms with Gasteiger partial charge in [-0.1, -0.05) is 0 Å². The maximum Gasteiger partial charge on any atom is 0.232 e. The van der Waals surface area contributed by atoms with Crippen molar-refractivity contribution in [3.63, 3.8) is 0 Å². The second-order valence-electron chi connectivity index (χ2n) is 3.18. The van der Waals surface area contributed by atoms with Crippen LogP contribution >= 0.6 is 12.6 Å². The molecule has 2 atom stereocenters. The Morgan fingerprint density at radius 2 is 1.92 bits per heavy atom. The molecule has 0 aromatic rings. The average Bonchev–Trinajstić information content (AvgIpc) is 1.81. The lowest BCUT2D eigenvalue weighted by Gasteiger charge is -2.13.